The summed E-state index contributed by atoms with van der Waals surface area (Å²) in [7, 11) is -3.65. The first-order valence-corrected chi connectivity index (χ1v) is 6.84. The van der Waals surface area contributed by atoms with Crippen LogP contribution in [0.15, 0.2) is 29.2 Å². The molecule has 1 aromatic carbocycles. The lowest BCUT2D eigenvalue weighted by Crippen LogP contribution is -2.26. The van der Waals surface area contributed by atoms with Crippen LogP contribution in [0.3, 0.4) is 0 Å². The molecule has 0 heterocycles. The van der Waals surface area contributed by atoms with Gasteiger partial charge in [0, 0.05) is 19.6 Å². The number of rotatable bonds is 7. The minimum atomic E-state index is -3.65. The van der Waals surface area contributed by atoms with Gasteiger partial charge >= 0.3 is 0 Å². The number of hydrogen-bond donors (Lipinski definition) is 2. The highest BCUT2D eigenvalue weighted by Crippen LogP contribution is 2.16. The van der Waals surface area contributed by atoms with Crippen LogP contribution in [-0.4, -0.2) is 34.7 Å². The van der Waals surface area contributed by atoms with Crippen LogP contribution < -0.4 is 11.1 Å². The van der Waals surface area contributed by atoms with E-state index in [9.17, 15) is 8.42 Å². The third kappa shape index (κ3) is 4.43. The van der Waals surface area contributed by atoms with Crippen molar-refractivity contribution in [2.75, 3.05) is 26.2 Å². The Hall–Kier alpha value is -0.950. The van der Waals surface area contributed by atoms with Gasteiger partial charge in [0.15, 0.2) is 0 Å². The molecule has 0 aromatic heterocycles. The van der Waals surface area contributed by atoms with Crippen LogP contribution in [0.2, 0.25) is 0 Å². The predicted molar refractivity (Wildman–Crippen MR) is 66.2 cm³/mol. The first-order chi connectivity index (χ1) is 8.08. The van der Waals surface area contributed by atoms with E-state index in [2.05, 4.69) is 5.32 Å². The Balaban J connectivity index is 2.55. The molecule has 96 valence electrons. The summed E-state index contributed by atoms with van der Waals surface area (Å²) < 4.78 is 28.5. The van der Waals surface area contributed by atoms with Gasteiger partial charge in [-0.1, -0.05) is 18.2 Å². The molecule has 0 radical (unpaired) electrons. The van der Waals surface area contributed by atoms with Gasteiger partial charge in [-0.25, -0.2) is 0 Å². The maximum atomic E-state index is 11.8. The molecule has 0 amide bonds. The maximum Gasteiger partial charge on any atom is 0.297 e. The van der Waals surface area contributed by atoms with Gasteiger partial charge in [0.2, 0.25) is 0 Å². The summed E-state index contributed by atoms with van der Waals surface area (Å²) in [5.41, 5.74) is 5.97. The van der Waals surface area contributed by atoms with Crippen molar-refractivity contribution in [2.24, 2.45) is 5.73 Å². The fourth-order valence-electron chi connectivity index (χ4n) is 1.35. The van der Waals surface area contributed by atoms with E-state index in [0.717, 1.165) is 0 Å². The van der Waals surface area contributed by atoms with Crippen LogP contribution in [0.5, 0.6) is 0 Å². The van der Waals surface area contributed by atoms with Crippen molar-refractivity contribution in [2.45, 2.75) is 11.8 Å². The minimum absolute atomic E-state index is 0.108. The molecule has 0 aliphatic rings. The van der Waals surface area contributed by atoms with E-state index in [0.29, 0.717) is 25.2 Å². The van der Waals surface area contributed by atoms with Crippen LogP contribution in [0.25, 0.3) is 0 Å². The number of nitrogens with one attached hydrogen (secondary N) is 1. The summed E-state index contributed by atoms with van der Waals surface area (Å²) in [6, 6.07) is 6.74. The lowest BCUT2D eigenvalue weighted by atomic mass is 10.2. The molecule has 0 atom stereocenters. The average Bonchev–Trinajstić information content (AvgIpc) is 2.29. The zero-order valence-corrected chi connectivity index (χ0v) is 10.7. The van der Waals surface area contributed by atoms with Crippen LogP contribution >= 0.6 is 0 Å². The van der Waals surface area contributed by atoms with E-state index in [4.69, 9.17) is 9.92 Å². The lowest BCUT2D eigenvalue weighted by Gasteiger charge is -2.08. The van der Waals surface area contributed by atoms with Crippen molar-refractivity contribution in [1.82, 2.24) is 5.32 Å². The highest BCUT2D eigenvalue weighted by Gasteiger charge is 2.16. The molecule has 0 saturated carbocycles. The van der Waals surface area contributed by atoms with Crippen molar-refractivity contribution in [3.8, 4) is 0 Å². The zero-order valence-electron chi connectivity index (χ0n) is 9.85. The summed E-state index contributed by atoms with van der Waals surface area (Å²) in [6.45, 7) is 3.47. The van der Waals surface area contributed by atoms with Gasteiger partial charge in [0.1, 0.15) is 0 Å². The van der Waals surface area contributed by atoms with Gasteiger partial charge in [-0.3, -0.25) is 4.18 Å². The van der Waals surface area contributed by atoms with E-state index in [1.807, 2.05) is 0 Å². The van der Waals surface area contributed by atoms with Gasteiger partial charge in [0.25, 0.3) is 10.1 Å². The molecular formula is C11H18N2O3S. The Morgan fingerprint density at radius 2 is 2.00 bits per heavy atom. The summed E-state index contributed by atoms with van der Waals surface area (Å²) in [5.74, 6) is 0. The first-order valence-electron chi connectivity index (χ1n) is 5.44. The van der Waals surface area contributed by atoms with Crippen molar-refractivity contribution in [3.63, 3.8) is 0 Å². The van der Waals surface area contributed by atoms with Gasteiger partial charge in [-0.15, -0.1) is 0 Å². The molecule has 3 N–H and O–H groups in total. The van der Waals surface area contributed by atoms with Crippen LogP contribution in [-0.2, 0) is 14.3 Å². The van der Waals surface area contributed by atoms with Crippen molar-refractivity contribution < 1.29 is 12.6 Å². The Morgan fingerprint density at radius 3 is 2.65 bits per heavy atom. The summed E-state index contributed by atoms with van der Waals surface area (Å²) in [4.78, 5) is 0.221. The molecule has 1 aromatic rings. The fraction of sp³-hybridized carbons (Fsp3) is 0.455. The highest BCUT2D eigenvalue weighted by atomic mass is 32.2. The number of nitrogens with two attached hydrogens (primary N) is 1. The molecule has 17 heavy (non-hydrogen) atoms. The van der Waals surface area contributed by atoms with E-state index >= 15 is 0 Å². The quantitative estimate of drug-likeness (QED) is 0.541. The highest BCUT2D eigenvalue weighted by molar-refractivity contribution is 7.86. The Bertz CT molecular complexity index is 446. The summed E-state index contributed by atoms with van der Waals surface area (Å²) >= 11 is 0. The van der Waals surface area contributed by atoms with Crippen LogP contribution in [0.4, 0.5) is 0 Å². The van der Waals surface area contributed by atoms with Crippen LogP contribution in [0.1, 0.15) is 5.56 Å². The van der Waals surface area contributed by atoms with Crippen LogP contribution in [0, 0.1) is 6.92 Å². The summed E-state index contributed by atoms with van der Waals surface area (Å²) in [5, 5.41) is 2.96. The molecule has 0 fully saturated rings. The van der Waals surface area contributed by atoms with E-state index in [1.54, 1.807) is 25.1 Å². The average molecular weight is 258 g/mol. The molecule has 0 unspecified atom stereocenters. The second-order valence-electron chi connectivity index (χ2n) is 3.58. The third-order valence-electron chi connectivity index (χ3n) is 2.20. The second kappa shape index (κ2) is 6.70. The zero-order chi connectivity index (χ0) is 12.7. The molecule has 0 saturated heterocycles. The normalized spacial score (nSPS) is 11.6. The molecule has 6 heteroatoms. The second-order valence-corrected chi connectivity index (χ2v) is 5.16. The number of hydrogen-bond acceptors (Lipinski definition) is 5. The van der Waals surface area contributed by atoms with Gasteiger partial charge < -0.3 is 11.1 Å². The molecule has 0 aliphatic carbocycles. The fourth-order valence-corrected chi connectivity index (χ4v) is 2.49. The molecular weight excluding hydrogens is 240 g/mol. The minimum Gasteiger partial charge on any atom is -0.329 e. The Labute approximate surface area is 102 Å². The Kier molecular flexibility index (Phi) is 5.57. The van der Waals surface area contributed by atoms with Gasteiger partial charge in [-0.05, 0) is 18.6 Å². The third-order valence-corrected chi connectivity index (χ3v) is 3.68. The van der Waals surface area contributed by atoms with E-state index in [1.165, 1.54) is 6.07 Å². The topological polar surface area (TPSA) is 81.4 Å². The van der Waals surface area contributed by atoms with Crippen molar-refractivity contribution in [1.29, 1.82) is 0 Å². The number of benzene rings is 1. The summed E-state index contributed by atoms with van der Waals surface area (Å²) in [6.07, 6.45) is 0. The molecule has 0 spiro atoms. The first kappa shape index (κ1) is 14.1. The number of aryl methyl sites for hydroxylation is 1. The molecule has 1 rings (SSSR count). The van der Waals surface area contributed by atoms with Crippen molar-refractivity contribution in [3.05, 3.63) is 29.8 Å². The predicted octanol–water partition coefficient (Wildman–Crippen LogP) is 0.249. The molecule has 5 nitrogen and oxygen atoms in total. The smallest absolute Gasteiger partial charge is 0.297 e. The maximum absolute atomic E-state index is 11.8. The van der Waals surface area contributed by atoms with Gasteiger partial charge in [0.05, 0.1) is 11.5 Å². The Morgan fingerprint density at radius 1 is 1.29 bits per heavy atom. The SMILES string of the molecule is Cc1ccccc1S(=O)(=O)OCCNCCN. The largest absolute Gasteiger partial charge is 0.329 e. The van der Waals surface area contributed by atoms with Crippen molar-refractivity contribution >= 4 is 10.1 Å². The lowest BCUT2D eigenvalue weighted by molar-refractivity contribution is 0.315. The van der Waals surface area contributed by atoms with Gasteiger partial charge in [-0.2, -0.15) is 8.42 Å². The van der Waals surface area contributed by atoms with E-state index in [-0.39, 0.29) is 11.5 Å². The molecule has 0 bridgehead atoms. The monoisotopic (exact) mass is 258 g/mol. The molecule has 0 aliphatic heterocycles. The standard InChI is InChI=1S/C11H18N2O3S/c1-10-4-2-3-5-11(10)17(14,15)16-9-8-13-7-6-12/h2-5,13H,6-9,12H2,1H3. The van der Waals surface area contributed by atoms with E-state index < -0.39 is 10.1 Å².